The van der Waals surface area contributed by atoms with E-state index in [0.29, 0.717) is 37.0 Å². The predicted octanol–water partition coefficient (Wildman–Crippen LogP) is 4.00. The van der Waals surface area contributed by atoms with Gasteiger partial charge in [-0.1, -0.05) is 18.2 Å². The SMILES string of the molecule is C=CC(=O)N1[C@H](C)COC[C@H]1c1cc(Cl)cc(-c2ccnc(N3CCCC3=O)c2)c1. The third-order valence-electron chi connectivity index (χ3n) is 5.61. The van der Waals surface area contributed by atoms with Crippen LogP contribution in [-0.2, 0) is 14.3 Å². The third-order valence-corrected chi connectivity index (χ3v) is 5.83. The number of nitrogens with zero attached hydrogens (tertiary/aromatic N) is 3. The van der Waals surface area contributed by atoms with Crippen LogP contribution in [0.2, 0.25) is 5.02 Å². The molecule has 2 atom stereocenters. The molecule has 0 bridgehead atoms. The molecule has 2 fully saturated rings. The van der Waals surface area contributed by atoms with E-state index in [4.69, 9.17) is 16.3 Å². The molecule has 2 aliphatic heterocycles. The fourth-order valence-corrected chi connectivity index (χ4v) is 4.40. The Hall–Kier alpha value is -2.70. The Kier molecular flexibility index (Phi) is 5.88. The molecule has 7 heteroatoms. The minimum atomic E-state index is -0.252. The van der Waals surface area contributed by atoms with E-state index in [-0.39, 0.29) is 23.9 Å². The van der Waals surface area contributed by atoms with Gasteiger partial charge in [0.2, 0.25) is 11.8 Å². The molecule has 2 saturated heterocycles. The van der Waals surface area contributed by atoms with Gasteiger partial charge in [0, 0.05) is 24.2 Å². The molecule has 0 radical (unpaired) electrons. The summed E-state index contributed by atoms with van der Waals surface area (Å²) in [4.78, 5) is 32.5. The van der Waals surface area contributed by atoms with Crippen molar-refractivity contribution in [3.05, 3.63) is 59.8 Å². The first-order valence-corrected chi connectivity index (χ1v) is 10.5. The first kappa shape index (κ1) is 20.6. The topological polar surface area (TPSA) is 62.7 Å². The number of anilines is 1. The third kappa shape index (κ3) is 3.98. The van der Waals surface area contributed by atoms with Crippen LogP contribution in [0.5, 0.6) is 0 Å². The molecule has 0 saturated carbocycles. The highest BCUT2D eigenvalue weighted by Crippen LogP contribution is 2.34. The number of benzene rings is 1. The van der Waals surface area contributed by atoms with Crippen LogP contribution in [0.3, 0.4) is 0 Å². The Morgan fingerprint density at radius 3 is 2.83 bits per heavy atom. The van der Waals surface area contributed by atoms with E-state index in [2.05, 4.69) is 11.6 Å². The van der Waals surface area contributed by atoms with Gasteiger partial charge in [-0.25, -0.2) is 4.98 Å². The van der Waals surface area contributed by atoms with Crippen LogP contribution in [0.4, 0.5) is 5.82 Å². The summed E-state index contributed by atoms with van der Waals surface area (Å²) in [6.07, 6.45) is 4.44. The molecule has 2 aromatic rings. The summed E-state index contributed by atoms with van der Waals surface area (Å²) in [5, 5.41) is 0.572. The average molecular weight is 426 g/mol. The molecule has 6 nitrogen and oxygen atoms in total. The van der Waals surface area contributed by atoms with Gasteiger partial charge in [-0.15, -0.1) is 0 Å². The number of carbonyl (C=O) groups excluding carboxylic acids is 2. The number of hydrogen-bond donors (Lipinski definition) is 0. The van der Waals surface area contributed by atoms with Gasteiger partial charge in [0.15, 0.2) is 0 Å². The minimum Gasteiger partial charge on any atom is -0.377 e. The molecule has 1 aromatic carbocycles. The largest absolute Gasteiger partial charge is 0.377 e. The van der Waals surface area contributed by atoms with E-state index in [1.165, 1.54) is 6.08 Å². The summed E-state index contributed by atoms with van der Waals surface area (Å²) in [5.74, 6) is 0.615. The Labute approximate surface area is 181 Å². The summed E-state index contributed by atoms with van der Waals surface area (Å²) in [7, 11) is 0. The van der Waals surface area contributed by atoms with Crippen LogP contribution in [-0.4, -0.2) is 47.5 Å². The van der Waals surface area contributed by atoms with Gasteiger partial charge in [0.1, 0.15) is 5.82 Å². The maximum Gasteiger partial charge on any atom is 0.246 e. The fraction of sp³-hybridized carbons (Fsp3) is 0.348. The highest BCUT2D eigenvalue weighted by molar-refractivity contribution is 6.31. The first-order chi connectivity index (χ1) is 14.5. The number of amides is 2. The van der Waals surface area contributed by atoms with Gasteiger partial charge >= 0.3 is 0 Å². The van der Waals surface area contributed by atoms with Crippen molar-refractivity contribution in [3.8, 4) is 11.1 Å². The maximum atomic E-state index is 12.5. The molecule has 0 N–H and O–H groups in total. The van der Waals surface area contributed by atoms with E-state index in [1.54, 1.807) is 16.0 Å². The van der Waals surface area contributed by atoms with Gasteiger partial charge in [0.05, 0.1) is 25.3 Å². The van der Waals surface area contributed by atoms with Crippen LogP contribution >= 0.6 is 11.6 Å². The van der Waals surface area contributed by atoms with Gasteiger partial charge in [-0.05, 0) is 66.4 Å². The zero-order valence-electron chi connectivity index (χ0n) is 16.9. The minimum absolute atomic E-state index is 0.0645. The van der Waals surface area contributed by atoms with Crippen molar-refractivity contribution in [3.63, 3.8) is 0 Å². The van der Waals surface area contributed by atoms with E-state index >= 15 is 0 Å². The molecule has 2 aliphatic rings. The predicted molar refractivity (Wildman–Crippen MR) is 116 cm³/mol. The molecule has 1 aromatic heterocycles. The zero-order valence-corrected chi connectivity index (χ0v) is 17.6. The van der Waals surface area contributed by atoms with Crippen molar-refractivity contribution in [2.24, 2.45) is 0 Å². The Bertz CT molecular complexity index is 993. The average Bonchev–Trinajstić information content (AvgIpc) is 3.18. The fourth-order valence-electron chi connectivity index (χ4n) is 4.16. The molecular formula is C23H24ClN3O3. The Morgan fingerprint density at radius 2 is 2.10 bits per heavy atom. The highest BCUT2D eigenvalue weighted by Gasteiger charge is 2.32. The maximum absolute atomic E-state index is 12.5. The number of hydrogen-bond acceptors (Lipinski definition) is 4. The van der Waals surface area contributed by atoms with Crippen LogP contribution in [0.1, 0.15) is 31.4 Å². The molecule has 156 valence electrons. The Morgan fingerprint density at radius 1 is 1.27 bits per heavy atom. The van der Waals surface area contributed by atoms with Crippen molar-refractivity contribution in [1.82, 2.24) is 9.88 Å². The lowest BCUT2D eigenvalue weighted by Gasteiger charge is -2.40. The summed E-state index contributed by atoms with van der Waals surface area (Å²) < 4.78 is 5.73. The second kappa shape index (κ2) is 8.58. The molecule has 0 spiro atoms. The van der Waals surface area contributed by atoms with Crippen molar-refractivity contribution < 1.29 is 14.3 Å². The lowest BCUT2D eigenvalue weighted by atomic mass is 9.97. The molecule has 4 rings (SSSR count). The Balaban J connectivity index is 1.71. The van der Waals surface area contributed by atoms with Crippen molar-refractivity contribution >= 4 is 29.2 Å². The monoisotopic (exact) mass is 425 g/mol. The van der Waals surface area contributed by atoms with Gasteiger partial charge in [-0.2, -0.15) is 0 Å². The number of pyridine rings is 1. The summed E-state index contributed by atoms with van der Waals surface area (Å²) in [6, 6.07) is 9.25. The quantitative estimate of drug-likeness (QED) is 0.694. The number of halogens is 1. The zero-order chi connectivity index (χ0) is 21.3. The van der Waals surface area contributed by atoms with E-state index < -0.39 is 0 Å². The molecule has 30 heavy (non-hydrogen) atoms. The normalized spacial score (nSPS) is 21.7. The number of ether oxygens (including phenoxy) is 1. The van der Waals surface area contributed by atoms with Crippen LogP contribution < -0.4 is 4.90 Å². The van der Waals surface area contributed by atoms with E-state index in [0.717, 1.165) is 23.1 Å². The second-order valence-corrected chi connectivity index (χ2v) is 8.11. The molecule has 0 aliphatic carbocycles. The number of carbonyl (C=O) groups is 2. The standard InChI is InChI=1S/C23H24ClN3O3/c1-3-22(28)27-15(2)13-30-14-20(27)18-9-17(10-19(24)11-18)16-6-7-25-21(12-16)26-8-4-5-23(26)29/h3,6-7,9-12,15,20H,1,4-5,8,13-14H2,2H3/t15-,20+/m1/s1. The van der Waals surface area contributed by atoms with Gasteiger partial charge in [-0.3, -0.25) is 14.5 Å². The summed E-state index contributed by atoms with van der Waals surface area (Å²) in [5.41, 5.74) is 2.71. The second-order valence-electron chi connectivity index (χ2n) is 7.68. The lowest BCUT2D eigenvalue weighted by Crippen LogP contribution is -2.48. The molecular weight excluding hydrogens is 402 g/mol. The number of aromatic nitrogens is 1. The van der Waals surface area contributed by atoms with Crippen LogP contribution in [0, 0.1) is 0 Å². The van der Waals surface area contributed by atoms with E-state index in [1.807, 2.05) is 37.3 Å². The van der Waals surface area contributed by atoms with Crippen molar-refractivity contribution in [2.45, 2.75) is 31.8 Å². The van der Waals surface area contributed by atoms with Gasteiger partial charge in [0.25, 0.3) is 0 Å². The van der Waals surface area contributed by atoms with Crippen molar-refractivity contribution in [1.29, 1.82) is 0 Å². The van der Waals surface area contributed by atoms with Gasteiger partial charge < -0.3 is 9.64 Å². The summed E-state index contributed by atoms with van der Waals surface area (Å²) in [6.45, 7) is 7.17. The summed E-state index contributed by atoms with van der Waals surface area (Å²) >= 11 is 6.46. The number of rotatable bonds is 4. The lowest BCUT2D eigenvalue weighted by molar-refractivity contribution is -0.140. The molecule has 2 amide bonds. The number of morpholine rings is 1. The van der Waals surface area contributed by atoms with Crippen LogP contribution in [0.25, 0.3) is 11.1 Å². The first-order valence-electron chi connectivity index (χ1n) is 10.1. The van der Waals surface area contributed by atoms with E-state index in [9.17, 15) is 9.59 Å². The molecule has 0 unspecified atom stereocenters. The highest BCUT2D eigenvalue weighted by atomic mass is 35.5. The smallest absolute Gasteiger partial charge is 0.246 e. The molecule has 3 heterocycles. The van der Waals surface area contributed by atoms with Crippen molar-refractivity contribution in [2.75, 3.05) is 24.7 Å². The van der Waals surface area contributed by atoms with Crippen LogP contribution in [0.15, 0.2) is 49.2 Å².